The molecule has 1 aromatic carbocycles. The Morgan fingerprint density at radius 3 is 2.90 bits per heavy atom. The minimum Gasteiger partial charge on any atom is -0.462 e. The second kappa shape index (κ2) is 7.22. The molecule has 0 saturated heterocycles. The molecule has 1 N–H and O–H groups in total. The van der Waals surface area contributed by atoms with E-state index < -0.39 is 0 Å². The third kappa shape index (κ3) is 4.04. The molecule has 5 heteroatoms. The molecule has 1 aromatic heterocycles. The second-order valence-corrected chi connectivity index (χ2v) is 5.46. The highest BCUT2D eigenvalue weighted by molar-refractivity contribution is 9.10. The minimum absolute atomic E-state index is 0.0191. The summed E-state index contributed by atoms with van der Waals surface area (Å²) in [6.45, 7) is 4.14. The number of nitrogens with zero attached hydrogens (tertiary/aromatic N) is 1. The Kier molecular flexibility index (Phi) is 5.33. The van der Waals surface area contributed by atoms with Gasteiger partial charge in [0.15, 0.2) is 0 Å². The molecule has 0 bridgehead atoms. The molecule has 0 radical (unpaired) electrons. The van der Waals surface area contributed by atoms with E-state index in [1.807, 2.05) is 31.2 Å². The fraction of sp³-hybridized carbons (Fsp3) is 0.250. The number of halogens is 1. The van der Waals surface area contributed by atoms with E-state index in [1.165, 1.54) is 0 Å². The predicted molar refractivity (Wildman–Crippen MR) is 86.4 cm³/mol. The molecule has 21 heavy (non-hydrogen) atoms. The van der Waals surface area contributed by atoms with Gasteiger partial charge in [0.2, 0.25) is 0 Å². The molecule has 0 fully saturated rings. The number of carbonyl (C=O) groups is 1. The molecule has 2 rings (SSSR count). The molecule has 1 heterocycles. The largest absolute Gasteiger partial charge is 0.462 e. The van der Waals surface area contributed by atoms with Gasteiger partial charge in [-0.1, -0.05) is 28.1 Å². The first-order chi connectivity index (χ1) is 10.1. The first-order valence-corrected chi connectivity index (χ1v) is 7.55. The van der Waals surface area contributed by atoms with Crippen LogP contribution in [0.25, 0.3) is 0 Å². The fourth-order valence-electron chi connectivity index (χ4n) is 1.96. The van der Waals surface area contributed by atoms with Gasteiger partial charge in [-0.2, -0.15) is 0 Å². The Morgan fingerprint density at radius 1 is 1.38 bits per heavy atom. The summed E-state index contributed by atoms with van der Waals surface area (Å²) in [6.07, 6.45) is 1.65. The average Bonchev–Trinajstić information content (AvgIpc) is 2.48. The summed E-state index contributed by atoms with van der Waals surface area (Å²) < 4.78 is 6.06. The second-order valence-electron chi connectivity index (χ2n) is 4.54. The van der Waals surface area contributed by atoms with Crippen LogP contribution in [0.2, 0.25) is 0 Å². The van der Waals surface area contributed by atoms with E-state index in [4.69, 9.17) is 4.74 Å². The number of nitrogens with one attached hydrogen (secondary N) is 1. The fourth-order valence-corrected chi connectivity index (χ4v) is 2.38. The smallest absolute Gasteiger partial charge is 0.341 e. The topological polar surface area (TPSA) is 51.2 Å². The van der Waals surface area contributed by atoms with Crippen LogP contribution in [0.15, 0.2) is 47.1 Å². The lowest BCUT2D eigenvalue weighted by atomic mass is 10.1. The van der Waals surface area contributed by atoms with E-state index in [0.29, 0.717) is 18.0 Å². The molecule has 110 valence electrons. The lowest BCUT2D eigenvalue weighted by Gasteiger charge is -2.17. The highest BCUT2D eigenvalue weighted by Crippen LogP contribution is 2.23. The number of benzene rings is 1. The van der Waals surface area contributed by atoms with Gasteiger partial charge in [0.25, 0.3) is 0 Å². The number of hydrogen-bond acceptors (Lipinski definition) is 4. The van der Waals surface area contributed by atoms with Crippen molar-refractivity contribution in [2.24, 2.45) is 0 Å². The molecule has 0 saturated carbocycles. The van der Waals surface area contributed by atoms with Crippen LogP contribution < -0.4 is 5.32 Å². The highest BCUT2D eigenvalue weighted by Gasteiger charge is 2.15. The summed E-state index contributed by atoms with van der Waals surface area (Å²) in [5.74, 6) is 0.165. The summed E-state index contributed by atoms with van der Waals surface area (Å²) in [6, 6.07) is 11.5. The Hall–Kier alpha value is -1.88. The maximum Gasteiger partial charge on any atom is 0.341 e. The molecule has 0 spiro atoms. The summed E-state index contributed by atoms with van der Waals surface area (Å²) in [5.41, 5.74) is 1.55. The van der Waals surface area contributed by atoms with Crippen molar-refractivity contribution >= 4 is 27.7 Å². The molecule has 1 unspecified atom stereocenters. The Balaban J connectivity index is 2.21. The van der Waals surface area contributed by atoms with Crippen LogP contribution in [-0.4, -0.2) is 17.6 Å². The van der Waals surface area contributed by atoms with Crippen LogP contribution in [0.1, 0.15) is 35.8 Å². The van der Waals surface area contributed by atoms with Crippen molar-refractivity contribution < 1.29 is 9.53 Å². The van der Waals surface area contributed by atoms with Gasteiger partial charge < -0.3 is 10.1 Å². The maximum atomic E-state index is 11.9. The minimum atomic E-state index is -0.366. The first kappa shape index (κ1) is 15.5. The Labute approximate surface area is 132 Å². The van der Waals surface area contributed by atoms with Gasteiger partial charge in [-0.25, -0.2) is 9.78 Å². The third-order valence-corrected chi connectivity index (χ3v) is 3.50. The molecule has 0 amide bonds. The summed E-state index contributed by atoms with van der Waals surface area (Å²) in [5, 5.41) is 3.26. The van der Waals surface area contributed by atoms with Crippen molar-refractivity contribution in [3.8, 4) is 0 Å². The van der Waals surface area contributed by atoms with E-state index in [0.717, 1.165) is 10.0 Å². The van der Waals surface area contributed by atoms with Gasteiger partial charge in [-0.3, -0.25) is 0 Å². The van der Waals surface area contributed by atoms with E-state index in [-0.39, 0.29) is 12.0 Å². The molecule has 0 aliphatic carbocycles. The van der Waals surface area contributed by atoms with Crippen molar-refractivity contribution in [1.29, 1.82) is 0 Å². The number of anilines is 1. The van der Waals surface area contributed by atoms with Crippen LogP contribution >= 0.6 is 15.9 Å². The van der Waals surface area contributed by atoms with E-state index in [1.54, 1.807) is 25.3 Å². The van der Waals surface area contributed by atoms with Crippen LogP contribution in [0.4, 0.5) is 5.82 Å². The molecule has 0 aliphatic rings. The first-order valence-electron chi connectivity index (χ1n) is 6.76. The van der Waals surface area contributed by atoms with Crippen LogP contribution in [0.5, 0.6) is 0 Å². The Bertz CT molecular complexity index is 631. The summed E-state index contributed by atoms with van der Waals surface area (Å²) in [4.78, 5) is 16.2. The van der Waals surface area contributed by atoms with E-state index >= 15 is 0 Å². The zero-order chi connectivity index (χ0) is 15.2. The highest BCUT2D eigenvalue weighted by atomic mass is 79.9. The van der Waals surface area contributed by atoms with Crippen molar-refractivity contribution in [1.82, 2.24) is 4.98 Å². The van der Waals surface area contributed by atoms with Crippen molar-refractivity contribution in [3.05, 3.63) is 58.2 Å². The van der Waals surface area contributed by atoms with Crippen LogP contribution in [-0.2, 0) is 4.74 Å². The average molecular weight is 349 g/mol. The number of pyridine rings is 1. The Morgan fingerprint density at radius 2 is 2.19 bits per heavy atom. The number of hydrogen-bond donors (Lipinski definition) is 1. The zero-order valence-electron chi connectivity index (χ0n) is 12.0. The number of rotatable bonds is 5. The molecular weight excluding hydrogens is 332 g/mol. The quantitative estimate of drug-likeness (QED) is 0.823. The van der Waals surface area contributed by atoms with E-state index in [2.05, 4.69) is 26.2 Å². The number of carbonyl (C=O) groups excluding carboxylic acids is 1. The van der Waals surface area contributed by atoms with Gasteiger partial charge in [0.05, 0.1) is 12.6 Å². The number of aromatic nitrogens is 1. The predicted octanol–water partition coefficient (Wildman–Crippen LogP) is 4.19. The van der Waals surface area contributed by atoms with Gasteiger partial charge in [0.1, 0.15) is 11.4 Å². The van der Waals surface area contributed by atoms with Gasteiger partial charge in [-0.15, -0.1) is 0 Å². The zero-order valence-corrected chi connectivity index (χ0v) is 13.6. The van der Waals surface area contributed by atoms with Crippen molar-refractivity contribution in [3.63, 3.8) is 0 Å². The maximum absolute atomic E-state index is 11.9. The van der Waals surface area contributed by atoms with Gasteiger partial charge in [0, 0.05) is 10.7 Å². The van der Waals surface area contributed by atoms with Crippen LogP contribution in [0, 0.1) is 0 Å². The van der Waals surface area contributed by atoms with Gasteiger partial charge in [-0.05, 0) is 43.7 Å². The molecular formula is C16H17BrN2O2. The number of esters is 1. The SMILES string of the molecule is CCOC(=O)c1cccnc1NC(C)c1cccc(Br)c1. The molecule has 0 aliphatic heterocycles. The molecule has 2 aromatic rings. The monoisotopic (exact) mass is 348 g/mol. The van der Waals surface area contributed by atoms with Crippen LogP contribution in [0.3, 0.4) is 0 Å². The molecule has 1 atom stereocenters. The normalized spacial score (nSPS) is 11.8. The summed E-state index contributed by atoms with van der Waals surface area (Å²) >= 11 is 3.46. The third-order valence-electron chi connectivity index (χ3n) is 3.00. The van der Waals surface area contributed by atoms with Crippen molar-refractivity contribution in [2.45, 2.75) is 19.9 Å². The lowest BCUT2D eigenvalue weighted by Crippen LogP contribution is -2.14. The van der Waals surface area contributed by atoms with Crippen molar-refractivity contribution in [2.75, 3.05) is 11.9 Å². The summed E-state index contributed by atoms with van der Waals surface area (Å²) in [7, 11) is 0. The van der Waals surface area contributed by atoms with E-state index in [9.17, 15) is 4.79 Å². The standard InChI is InChI=1S/C16H17BrN2O2/c1-3-21-16(20)14-8-5-9-18-15(14)19-11(2)12-6-4-7-13(17)10-12/h4-11H,3H2,1-2H3,(H,18,19). The number of ether oxygens (including phenoxy) is 1. The molecule has 4 nitrogen and oxygen atoms in total. The lowest BCUT2D eigenvalue weighted by molar-refractivity contribution is 0.0527. The van der Waals surface area contributed by atoms with Gasteiger partial charge >= 0.3 is 5.97 Å².